The van der Waals surface area contributed by atoms with Gasteiger partial charge in [0.2, 0.25) is 0 Å². The second-order valence-corrected chi connectivity index (χ2v) is 15.0. The third-order valence-electron chi connectivity index (χ3n) is 10.6. The predicted molar refractivity (Wildman–Crippen MR) is 243 cm³/mol. The number of ether oxygens (including phenoxy) is 6. The highest BCUT2D eigenvalue weighted by Crippen LogP contribution is 2.33. The van der Waals surface area contributed by atoms with Crippen LogP contribution in [0.3, 0.4) is 0 Å². The summed E-state index contributed by atoms with van der Waals surface area (Å²) in [4.78, 5) is 44.8. The predicted octanol–water partition coefficient (Wildman–Crippen LogP) is 7.16. The first-order chi connectivity index (χ1) is 30.9. The smallest absolute Gasteiger partial charge is 0.305 e. The lowest BCUT2D eigenvalue weighted by Gasteiger charge is -2.26. The van der Waals surface area contributed by atoms with E-state index in [1.54, 1.807) is 18.3 Å². The van der Waals surface area contributed by atoms with Gasteiger partial charge in [-0.05, 0) is 105 Å². The molecule has 0 spiro atoms. The van der Waals surface area contributed by atoms with E-state index < -0.39 is 5.97 Å². The molecule has 0 aliphatic heterocycles. The van der Waals surface area contributed by atoms with Crippen LogP contribution in [0.25, 0.3) is 11.3 Å². The number of nitrogens with one attached hydrogen (secondary N) is 2. The second-order valence-electron chi connectivity index (χ2n) is 15.0. The Morgan fingerprint density at radius 2 is 1.33 bits per heavy atom. The van der Waals surface area contributed by atoms with E-state index in [-0.39, 0.29) is 30.9 Å². The lowest BCUT2D eigenvalue weighted by molar-refractivity contribution is -0.138. The van der Waals surface area contributed by atoms with E-state index in [0.29, 0.717) is 95.2 Å². The minimum atomic E-state index is -0.881. The van der Waals surface area contributed by atoms with E-state index in [1.165, 1.54) is 11.1 Å². The molecule has 0 fully saturated rings. The van der Waals surface area contributed by atoms with Gasteiger partial charge in [-0.2, -0.15) is 0 Å². The lowest BCUT2D eigenvalue weighted by atomic mass is 9.87. The largest absolute Gasteiger partial charge is 0.481 e. The quantitative estimate of drug-likeness (QED) is 0.0454. The van der Waals surface area contributed by atoms with Crippen LogP contribution in [0.2, 0.25) is 0 Å². The number of aromatic nitrogens is 1. The van der Waals surface area contributed by atoms with Gasteiger partial charge >= 0.3 is 5.97 Å². The van der Waals surface area contributed by atoms with Crippen molar-refractivity contribution in [3.8, 4) is 11.3 Å². The van der Waals surface area contributed by atoms with E-state index in [2.05, 4.69) is 46.5 Å². The van der Waals surface area contributed by atoms with Crippen molar-refractivity contribution in [1.82, 2.24) is 10.3 Å². The van der Waals surface area contributed by atoms with E-state index in [4.69, 9.17) is 33.5 Å². The van der Waals surface area contributed by atoms with Crippen LogP contribution in [-0.4, -0.2) is 120 Å². The third-order valence-corrected chi connectivity index (χ3v) is 10.6. The van der Waals surface area contributed by atoms with Gasteiger partial charge in [0.25, 0.3) is 11.8 Å². The Bertz CT molecular complexity index is 2010. The molecular formula is C49H64N4O10. The summed E-state index contributed by atoms with van der Waals surface area (Å²) in [6, 6.07) is 25.4. The van der Waals surface area contributed by atoms with Crippen molar-refractivity contribution in [2.75, 3.05) is 103 Å². The molecule has 3 aromatic carbocycles. The monoisotopic (exact) mass is 868 g/mol. The molecule has 0 radical (unpaired) electrons. The van der Waals surface area contributed by atoms with Gasteiger partial charge in [-0.1, -0.05) is 36.4 Å². The number of pyridine rings is 1. The standard InChI is InChI=1S/C49H64N4O10/c1-3-53(4-2)41-17-18-45(43(36-41)46-35-40(19-21-50-46)49(57)51-44-16-8-13-38-12-5-6-15-42(38)44)52-48(56)39-14-7-10-37(34-39)11-9-22-58-24-26-60-28-30-62-32-33-63-31-29-61-27-25-59-23-20-47(54)55/h5-7,10,12,14-15,17-19,21,34-36,44H,3-4,8-9,11,13,16,20,22-33H2,1-2H3,(H,51,57)(H,52,56)(H,54,55). The Labute approximate surface area is 371 Å². The number of aryl methyl sites for hydroxylation is 2. The molecule has 0 bridgehead atoms. The van der Waals surface area contributed by atoms with Crippen LogP contribution in [-0.2, 0) is 46.1 Å². The van der Waals surface area contributed by atoms with Crippen LogP contribution < -0.4 is 15.5 Å². The zero-order valence-electron chi connectivity index (χ0n) is 36.8. The number of anilines is 2. The number of rotatable bonds is 30. The van der Waals surface area contributed by atoms with Gasteiger partial charge < -0.3 is 49.1 Å². The molecule has 14 nitrogen and oxygen atoms in total. The fourth-order valence-electron chi connectivity index (χ4n) is 7.31. The van der Waals surface area contributed by atoms with Crippen molar-refractivity contribution in [1.29, 1.82) is 0 Å². The van der Waals surface area contributed by atoms with Crippen molar-refractivity contribution in [2.45, 2.75) is 58.4 Å². The summed E-state index contributed by atoms with van der Waals surface area (Å²) in [6.07, 6.45) is 6.12. The van der Waals surface area contributed by atoms with Gasteiger partial charge in [-0.25, -0.2) is 0 Å². The molecule has 4 aromatic rings. The maximum Gasteiger partial charge on any atom is 0.305 e. The van der Waals surface area contributed by atoms with Gasteiger partial charge in [0.15, 0.2) is 0 Å². The Morgan fingerprint density at radius 1 is 0.698 bits per heavy atom. The molecular weight excluding hydrogens is 805 g/mol. The fraction of sp³-hybridized carbons (Fsp3) is 0.469. The van der Waals surface area contributed by atoms with E-state index in [1.807, 2.05) is 54.6 Å². The minimum absolute atomic E-state index is 0.0135. The molecule has 1 aliphatic rings. The number of benzene rings is 3. The zero-order valence-corrected chi connectivity index (χ0v) is 36.8. The average molecular weight is 869 g/mol. The van der Waals surface area contributed by atoms with E-state index in [9.17, 15) is 14.4 Å². The molecule has 63 heavy (non-hydrogen) atoms. The van der Waals surface area contributed by atoms with Crippen LogP contribution in [0, 0.1) is 0 Å². The Balaban J connectivity index is 1.02. The topological polar surface area (TPSA) is 167 Å². The molecule has 1 heterocycles. The Hall–Kier alpha value is -5.22. The Morgan fingerprint density at radius 3 is 2.00 bits per heavy atom. The summed E-state index contributed by atoms with van der Waals surface area (Å²) in [5.41, 5.74) is 7.50. The third kappa shape index (κ3) is 16.8. The summed E-state index contributed by atoms with van der Waals surface area (Å²) in [5.74, 6) is -1.27. The highest BCUT2D eigenvalue weighted by Gasteiger charge is 2.23. The molecule has 3 N–H and O–H groups in total. The molecule has 1 unspecified atom stereocenters. The molecule has 340 valence electrons. The normalized spacial score (nSPS) is 13.3. The van der Waals surface area contributed by atoms with Crippen molar-refractivity contribution >= 4 is 29.2 Å². The first kappa shape index (κ1) is 48.8. The number of carbonyl (C=O) groups excluding carboxylic acids is 2. The number of carboxylic acid groups (broad SMARTS) is 1. The molecule has 0 saturated carbocycles. The number of amides is 2. The first-order valence-corrected chi connectivity index (χ1v) is 22.2. The van der Waals surface area contributed by atoms with Crippen LogP contribution in [0.4, 0.5) is 11.4 Å². The number of aliphatic carboxylic acids is 1. The number of nitrogens with zero attached hydrogens (tertiary/aromatic N) is 2. The van der Waals surface area contributed by atoms with Crippen LogP contribution >= 0.6 is 0 Å². The molecule has 14 heteroatoms. The number of fused-ring (bicyclic) bond motifs is 1. The summed E-state index contributed by atoms with van der Waals surface area (Å²) < 4.78 is 32.9. The van der Waals surface area contributed by atoms with Gasteiger partial charge in [0.05, 0.1) is 96.5 Å². The minimum Gasteiger partial charge on any atom is -0.481 e. The first-order valence-electron chi connectivity index (χ1n) is 22.2. The van der Waals surface area contributed by atoms with Crippen LogP contribution in [0.5, 0.6) is 0 Å². The maximum absolute atomic E-state index is 13.8. The molecule has 1 atom stereocenters. The molecule has 2 amide bonds. The average Bonchev–Trinajstić information content (AvgIpc) is 3.30. The summed E-state index contributed by atoms with van der Waals surface area (Å²) in [6.45, 7) is 11.0. The lowest BCUT2D eigenvalue weighted by Crippen LogP contribution is -2.31. The van der Waals surface area contributed by atoms with E-state index >= 15 is 0 Å². The number of hydrogen-bond donors (Lipinski definition) is 3. The van der Waals surface area contributed by atoms with Crippen LogP contribution in [0.1, 0.15) is 83.0 Å². The highest BCUT2D eigenvalue weighted by molar-refractivity contribution is 6.06. The molecule has 1 aliphatic carbocycles. The number of hydrogen-bond acceptors (Lipinski definition) is 11. The molecule has 1 aromatic heterocycles. The van der Waals surface area contributed by atoms with Gasteiger partial charge in [-0.15, -0.1) is 0 Å². The molecule has 5 rings (SSSR count). The summed E-state index contributed by atoms with van der Waals surface area (Å²) >= 11 is 0. The number of carbonyl (C=O) groups is 3. The second kappa shape index (κ2) is 27.8. The Kier molecular flexibility index (Phi) is 21.5. The van der Waals surface area contributed by atoms with Crippen molar-refractivity contribution in [3.05, 3.63) is 113 Å². The summed E-state index contributed by atoms with van der Waals surface area (Å²) in [5, 5.41) is 15.0. The van der Waals surface area contributed by atoms with Crippen molar-refractivity contribution < 1.29 is 47.9 Å². The zero-order chi connectivity index (χ0) is 44.5. The molecule has 0 saturated heterocycles. The SMILES string of the molecule is CCN(CC)c1ccc(NC(=O)c2cccc(CCCOCCOCCOCCOCCOCCOCCC(=O)O)c2)c(-c2cc(C(=O)NC3CCCc4ccccc43)ccn2)c1. The van der Waals surface area contributed by atoms with Gasteiger partial charge in [0.1, 0.15) is 0 Å². The van der Waals surface area contributed by atoms with Crippen molar-refractivity contribution in [3.63, 3.8) is 0 Å². The van der Waals surface area contributed by atoms with Crippen LogP contribution in [0.15, 0.2) is 85.1 Å². The van der Waals surface area contributed by atoms with Gasteiger partial charge in [0, 0.05) is 48.3 Å². The summed E-state index contributed by atoms with van der Waals surface area (Å²) in [7, 11) is 0. The maximum atomic E-state index is 13.8. The fourth-order valence-corrected chi connectivity index (χ4v) is 7.31. The van der Waals surface area contributed by atoms with Crippen molar-refractivity contribution in [2.24, 2.45) is 0 Å². The highest BCUT2D eigenvalue weighted by atomic mass is 16.6. The van der Waals surface area contributed by atoms with Gasteiger partial charge in [-0.3, -0.25) is 19.4 Å². The number of carboxylic acids is 1. The van der Waals surface area contributed by atoms with E-state index in [0.717, 1.165) is 62.0 Å².